The number of carbonyl (C=O) groups excluding carboxylic acids is 1. The van der Waals surface area contributed by atoms with Gasteiger partial charge in [0.25, 0.3) is 0 Å². The molecule has 1 heterocycles. The third-order valence-electron chi connectivity index (χ3n) is 3.37. The van der Waals surface area contributed by atoms with Crippen LogP contribution in [0.5, 0.6) is 0 Å². The first-order valence-corrected chi connectivity index (χ1v) is 7.55. The second-order valence-electron chi connectivity index (χ2n) is 4.85. The van der Waals surface area contributed by atoms with Gasteiger partial charge in [0.2, 0.25) is 5.91 Å². The molecule has 1 atom stereocenters. The van der Waals surface area contributed by atoms with Crippen LogP contribution in [0.3, 0.4) is 0 Å². The third kappa shape index (κ3) is 3.93. The molecule has 1 aromatic rings. The maximum atomic E-state index is 13.0. The van der Waals surface area contributed by atoms with Crippen molar-refractivity contribution < 1.29 is 18.7 Å². The van der Waals surface area contributed by atoms with Crippen LogP contribution >= 0.6 is 11.8 Å². The largest absolute Gasteiger partial charge is 0.396 e. The summed E-state index contributed by atoms with van der Waals surface area (Å²) < 4.78 is 25.8. The van der Waals surface area contributed by atoms with Crippen molar-refractivity contribution >= 4 is 17.7 Å². The summed E-state index contributed by atoms with van der Waals surface area (Å²) >= 11 is 1.33. The molecule has 2 rings (SSSR count). The number of carbonyl (C=O) groups is 1. The van der Waals surface area contributed by atoms with Crippen LogP contribution < -0.4 is 0 Å². The normalized spacial score (nSPS) is 18.6. The SMILES string of the molecule is O=C(CCSc1ccc(F)c(F)c1)N1CCC(CO)C1. The molecule has 0 bridgehead atoms. The zero-order valence-electron chi connectivity index (χ0n) is 11.0. The molecule has 1 aliphatic rings. The average molecular weight is 301 g/mol. The van der Waals surface area contributed by atoms with Gasteiger partial charge >= 0.3 is 0 Å². The summed E-state index contributed by atoms with van der Waals surface area (Å²) in [4.78, 5) is 14.3. The molecule has 1 N–H and O–H groups in total. The standard InChI is InChI=1S/C14H17F2NO2S/c15-12-2-1-11(7-13(12)16)20-6-4-14(19)17-5-3-10(8-17)9-18/h1-2,7,10,18H,3-6,8-9H2. The highest BCUT2D eigenvalue weighted by Gasteiger charge is 2.25. The van der Waals surface area contributed by atoms with Crippen LogP contribution in [-0.4, -0.2) is 41.4 Å². The second-order valence-corrected chi connectivity index (χ2v) is 6.02. The van der Waals surface area contributed by atoms with E-state index in [2.05, 4.69) is 0 Å². The summed E-state index contributed by atoms with van der Waals surface area (Å²) in [7, 11) is 0. The van der Waals surface area contributed by atoms with Crippen molar-refractivity contribution in [3.63, 3.8) is 0 Å². The minimum Gasteiger partial charge on any atom is -0.396 e. The van der Waals surface area contributed by atoms with E-state index in [4.69, 9.17) is 5.11 Å². The predicted molar refractivity (Wildman–Crippen MR) is 73.5 cm³/mol. The van der Waals surface area contributed by atoms with Gasteiger partial charge in [-0.3, -0.25) is 4.79 Å². The molecular formula is C14H17F2NO2S. The van der Waals surface area contributed by atoms with E-state index in [-0.39, 0.29) is 18.4 Å². The van der Waals surface area contributed by atoms with Crippen molar-refractivity contribution in [3.8, 4) is 0 Å². The van der Waals surface area contributed by atoms with Gasteiger partial charge in [-0.2, -0.15) is 0 Å². The topological polar surface area (TPSA) is 40.5 Å². The molecule has 0 aromatic heterocycles. The summed E-state index contributed by atoms with van der Waals surface area (Å²) in [5.74, 6) is -0.956. The molecule has 1 aliphatic heterocycles. The minimum absolute atomic E-state index is 0.0519. The van der Waals surface area contributed by atoms with Crippen molar-refractivity contribution in [3.05, 3.63) is 29.8 Å². The van der Waals surface area contributed by atoms with Gasteiger partial charge in [0.1, 0.15) is 0 Å². The monoisotopic (exact) mass is 301 g/mol. The first kappa shape index (κ1) is 15.3. The lowest BCUT2D eigenvalue weighted by atomic mass is 10.1. The van der Waals surface area contributed by atoms with Crippen molar-refractivity contribution in [2.24, 2.45) is 5.92 Å². The Morgan fingerprint density at radius 3 is 2.85 bits per heavy atom. The number of hydrogen-bond donors (Lipinski definition) is 1. The van der Waals surface area contributed by atoms with Gasteiger partial charge in [-0.1, -0.05) is 0 Å². The molecule has 1 amide bonds. The highest BCUT2D eigenvalue weighted by Crippen LogP contribution is 2.22. The molecule has 0 saturated carbocycles. The van der Waals surface area contributed by atoms with Crippen molar-refractivity contribution in [1.82, 2.24) is 4.90 Å². The number of halogens is 2. The summed E-state index contributed by atoms with van der Waals surface area (Å²) in [6.45, 7) is 1.43. The van der Waals surface area contributed by atoms with Crippen LogP contribution in [0.2, 0.25) is 0 Å². The first-order chi connectivity index (χ1) is 9.60. The molecule has 0 aliphatic carbocycles. The van der Waals surface area contributed by atoms with E-state index in [0.29, 0.717) is 30.2 Å². The van der Waals surface area contributed by atoms with Crippen LogP contribution in [0.1, 0.15) is 12.8 Å². The van der Waals surface area contributed by atoms with E-state index in [1.807, 2.05) is 0 Å². The van der Waals surface area contributed by atoms with Crippen LogP contribution in [0.4, 0.5) is 8.78 Å². The molecule has 3 nitrogen and oxygen atoms in total. The van der Waals surface area contributed by atoms with E-state index in [1.165, 1.54) is 17.8 Å². The number of rotatable bonds is 5. The Bertz CT molecular complexity index is 484. The molecule has 1 aromatic carbocycles. The zero-order chi connectivity index (χ0) is 14.5. The molecule has 1 fully saturated rings. The summed E-state index contributed by atoms with van der Waals surface area (Å²) in [6, 6.07) is 3.74. The number of nitrogens with zero attached hydrogens (tertiary/aromatic N) is 1. The van der Waals surface area contributed by atoms with Crippen LogP contribution in [0.15, 0.2) is 23.1 Å². The van der Waals surface area contributed by atoms with Crippen molar-refractivity contribution in [2.75, 3.05) is 25.4 Å². The fourth-order valence-electron chi connectivity index (χ4n) is 2.19. The van der Waals surface area contributed by atoms with E-state index in [0.717, 1.165) is 18.6 Å². The number of thioether (sulfide) groups is 1. The van der Waals surface area contributed by atoms with Crippen molar-refractivity contribution in [2.45, 2.75) is 17.7 Å². The maximum absolute atomic E-state index is 13.0. The smallest absolute Gasteiger partial charge is 0.223 e. The first-order valence-electron chi connectivity index (χ1n) is 6.56. The Morgan fingerprint density at radius 1 is 1.40 bits per heavy atom. The van der Waals surface area contributed by atoms with E-state index in [1.54, 1.807) is 4.90 Å². The zero-order valence-corrected chi connectivity index (χ0v) is 11.8. The third-order valence-corrected chi connectivity index (χ3v) is 4.37. The van der Waals surface area contributed by atoms with Gasteiger partial charge in [-0.25, -0.2) is 8.78 Å². The number of aliphatic hydroxyl groups is 1. The lowest BCUT2D eigenvalue weighted by Gasteiger charge is -2.15. The van der Waals surface area contributed by atoms with Gasteiger partial charge in [0, 0.05) is 42.7 Å². The summed E-state index contributed by atoms with van der Waals surface area (Å²) in [5.41, 5.74) is 0. The van der Waals surface area contributed by atoms with E-state index in [9.17, 15) is 13.6 Å². The predicted octanol–water partition coefficient (Wildman–Crippen LogP) is 2.29. The average Bonchev–Trinajstić information content (AvgIpc) is 2.91. The Kier molecular flexibility index (Phi) is 5.37. The fourth-order valence-corrected chi connectivity index (χ4v) is 3.05. The quantitative estimate of drug-likeness (QED) is 0.848. The summed E-state index contributed by atoms with van der Waals surface area (Å²) in [5, 5.41) is 9.03. The second kappa shape index (κ2) is 7.04. The number of aliphatic hydroxyl groups excluding tert-OH is 1. The Morgan fingerprint density at radius 2 is 2.20 bits per heavy atom. The summed E-state index contributed by atoms with van der Waals surface area (Å²) in [6.07, 6.45) is 1.21. The fraction of sp³-hybridized carbons (Fsp3) is 0.500. The van der Waals surface area contributed by atoms with Crippen LogP contribution in [0.25, 0.3) is 0 Å². The highest BCUT2D eigenvalue weighted by molar-refractivity contribution is 7.99. The minimum atomic E-state index is -0.869. The molecular weight excluding hydrogens is 284 g/mol. The molecule has 20 heavy (non-hydrogen) atoms. The molecule has 0 radical (unpaired) electrons. The molecule has 1 saturated heterocycles. The maximum Gasteiger partial charge on any atom is 0.223 e. The van der Waals surface area contributed by atoms with Gasteiger partial charge in [-0.15, -0.1) is 11.8 Å². The lowest BCUT2D eigenvalue weighted by Crippen LogP contribution is -2.29. The van der Waals surface area contributed by atoms with Gasteiger partial charge in [-0.05, 0) is 24.6 Å². The Labute approximate surface area is 121 Å². The van der Waals surface area contributed by atoms with E-state index >= 15 is 0 Å². The number of benzene rings is 1. The van der Waals surface area contributed by atoms with Crippen LogP contribution in [-0.2, 0) is 4.79 Å². The number of amides is 1. The lowest BCUT2D eigenvalue weighted by molar-refractivity contribution is -0.129. The van der Waals surface area contributed by atoms with Gasteiger partial charge < -0.3 is 10.0 Å². The molecule has 6 heteroatoms. The Hall–Kier alpha value is -1.14. The van der Waals surface area contributed by atoms with Crippen molar-refractivity contribution in [1.29, 1.82) is 0 Å². The van der Waals surface area contributed by atoms with Gasteiger partial charge in [0.05, 0.1) is 0 Å². The van der Waals surface area contributed by atoms with E-state index < -0.39 is 11.6 Å². The molecule has 1 unspecified atom stereocenters. The number of hydrogen-bond acceptors (Lipinski definition) is 3. The highest BCUT2D eigenvalue weighted by atomic mass is 32.2. The Balaban J connectivity index is 1.75. The molecule has 110 valence electrons. The van der Waals surface area contributed by atoms with Gasteiger partial charge in [0.15, 0.2) is 11.6 Å². The molecule has 0 spiro atoms. The van der Waals surface area contributed by atoms with Crippen LogP contribution in [0, 0.1) is 17.6 Å². The number of likely N-dealkylation sites (tertiary alicyclic amines) is 1.